The van der Waals surface area contributed by atoms with Crippen molar-refractivity contribution >= 4 is 33.6 Å². The van der Waals surface area contributed by atoms with Crippen molar-refractivity contribution < 1.29 is 27.4 Å². The molecule has 2 aromatic carbocycles. The lowest BCUT2D eigenvalue weighted by atomic mass is 10.1. The van der Waals surface area contributed by atoms with Crippen LogP contribution in [-0.2, 0) is 11.0 Å². The molecular formula is C17H11BrF3NO3. The number of nitrogens with one attached hydrogen (secondary N) is 1. The largest absolute Gasteiger partial charge is 0.454 e. The maximum Gasteiger partial charge on any atom is 0.418 e. The molecule has 1 N–H and O–H groups in total. The van der Waals surface area contributed by atoms with E-state index in [9.17, 15) is 18.0 Å². The molecule has 0 fully saturated rings. The molecule has 0 unspecified atom stereocenters. The van der Waals surface area contributed by atoms with Crippen LogP contribution >= 0.6 is 15.9 Å². The van der Waals surface area contributed by atoms with Crippen LogP contribution in [0, 0.1) is 0 Å². The van der Waals surface area contributed by atoms with Crippen molar-refractivity contribution in [3.63, 3.8) is 0 Å². The van der Waals surface area contributed by atoms with E-state index in [1.807, 2.05) is 0 Å². The normalized spacial score (nSPS) is 13.3. The minimum Gasteiger partial charge on any atom is -0.454 e. The van der Waals surface area contributed by atoms with Gasteiger partial charge in [-0.15, -0.1) is 0 Å². The maximum atomic E-state index is 12.9. The second kappa shape index (κ2) is 6.79. The molecule has 0 saturated carbocycles. The van der Waals surface area contributed by atoms with E-state index in [1.165, 1.54) is 24.3 Å². The van der Waals surface area contributed by atoms with Gasteiger partial charge in [-0.05, 0) is 30.3 Å². The predicted octanol–water partition coefficient (Wildman–Crippen LogP) is 4.85. The molecule has 8 heteroatoms. The Hall–Kier alpha value is -2.48. The highest BCUT2D eigenvalue weighted by Crippen LogP contribution is 2.40. The number of halogens is 4. The third-order valence-corrected chi connectivity index (χ3v) is 4.11. The highest BCUT2D eigenvalue weighted by Gasteiger charge is 2.33. The lowest BCUT2D eigenvalue weighted by Crippen LogP contribution is -2.14. The first kappa shape index (κ1) is 17.3. The van der Waals surface area contributed by atoms with Gasteiger partial charge in [0, 0.05) is 16.1 Å². The summed E-state index contributed by atoms with van der Waals surface area (Å²) in [6, 6.07) is 8.22. The fourth-order valence-electron chi connectivity index (χ4n) is 2.30. The second-order valence-corrected chi connectivity index (χ2v) is 5.92. The molecule has 3 rings (SSSR count). The number of amides is 1. The minimum absolute atomic E-state index is 0.0672. The number of carbonyl (C=O) groups excluding carboxylic acids is 1. The molecule has 0 spiro atoms. The van der Waals surface area contributed by atoms with E-state index >= 15 is 0 Å². The van der Waals surface area contributed by atoms with Crippen LogP contribution in [0.2, 0.25) is 0 Å². The fourth-order valence-corrected chi connectivity index (χ4v) is 2.74. The molecule has 1 amide bonds. The molecule has 0 atom stereocenters. The Labute approximate surface area is 149 Å². The van der Waals surface area contributed by atoms with E-state index in [0.29, 0.717) is 21.5 Å². The number of ether oxygens (including phenoxy) is 2. The molecule has 0 radical (unpaired) electrons. The van der Waals surface area contributed by atoms with Crippen molar-refractivity contribution in [2.24, 2.45) is 0 Å². The topological polar surface area (TPSA) is 47.6 Å². The third-order valence-electron chi connectivity index (χ3n) is 3.42. The quantitative estimate of drug-likeness (QED) is 0.731. The number of para-hydroxylation sites is 1. The van der Waals surface area contributed by atoms with Crippen molar-refractivity contribution in [3.8, 4) is 11.5 Å². The van der Waals surface area contributed by atoms with Crippen LogP contribution < -0.4 is 14.8 Å². The van der Waals surface area contributed by atoms with Crippen LogP contribution in [0.4, 0.5) is 18.9 Å². The fraction of sp³-hybridized carbons (Fsp3) is 0.118. The monoisotopic (exact) mass is 413 g/mol. The molecule has 25 heavy (non-hydrogen) atoms. The Bertz CT molecular complexity index is 850. The smallest absolute Gasteiger partial charge is 0.418 e. The predicted molar refractivity (Wildman–Crippen MR) is 89.4 cm³/mol. The number of carbonyl (C=O) groups is 1. The average Bonchev–Trinajstić information content (AvgIpc) is 3.02. The van der Waals surface area contributed by atoms with E-state index in [2.05, 4.69) is 21.2 Å². The zero-order valence-electron chi connectivity index (χ0n) is 12.6. The Balaban J connectivity index is 1.81. The Kier molecular flexibility index (Phi) is 4.71. The summed E-state index contributed by atoms with van der Waals surface area (Å²) in [6.07, 6.45) is -1.97. The average molecular weight is 414 g/mol. The van der Waals surface area contributed by atoms with Crippen molar-refractivity contribution in [2.75, 3.05) is 12.1 Å². The molecule has 0 aliphatic carbocycles. The van der Waals surface area contributed by atoms with Gasteiger partial charge in [-0.25, -0.2) is 0 Å². The molecule has 4 nitrogen and oxygen atoms in total. The molecule has 2 aromatic rings. The first-order valence-corrected chi connectivity index (χ1v) is 7.89. The van der Waals surface area contributed by atoms with Crippen LogP contribution in [0.3, 0.4) is 0 Å². The minimum atomic E-state index is -4.55. The van der Waals surface area contributed by atoms with E-state index in [1.54, 1.807) is 12.1 Å². The summed E-state index contributed by atoms with van der Waals surface area (Å²) in [5.41, 5.74) is -0.647. The van der Waals surface area contributed by atoms with Gasteiger partial charge in [0.15, 0.2) is 11.5 Å². The standard InChI is InChI=1S/C17H11BrF3NO3/c18-12-6-7-14-16(25-9-24-14)10(12)5-8-15(23)22-13-4-2-1-3-11(13)17(19,20)21/h1-8H,9H2,(H,22,23)/b8-5+. The van der Waals surface area contributed by atoms with Crippen LogP contribution in [0.15, 0.2) is 46.9 Å². The Morgan fingerprint density at radius 3 is 2.68 bits per heavy atom. The number of rotatable bonds is 3. The molecule has 1 heterocycles. The van der Waals surface area contributed by atoms with Crippen molar-refractivity contribution in [1.82, 2.24) is 0 Å². The van der Waals surface area contributed by atoms with Gasteiger partial charge in [0.25, 0.3) is 0 Å². The van der Waals surface area contributed by atoms with E-state index in [4.69, 9.17) is 9.47 Å². The van der Waals surface area contributed by atoms with E-state index in [0.717, 1.165) is 12.1 Å². The molecule has 1 aliphatic heterocycles. The summed E-state index contributed by atoms with van der Waals surface area (Å²) in [5, 5.41) is 2.24. The first-order chi connectivity index (χ1) is 11.9. The van der Waals surface area contributed by atoms with Crippen LogP contribution in [0.5, 0.6) is 11.5 Å². The first-order valence-electron chi connectivity index (χ1n) is 7.09. The zero-order chi connectivity index (χ0) is 18.0. The summed E-state index contributed by atoms with van der Waals surface area (Å²) in [4.78, 5) is 12.0. The Morgan fingerprint density at radius 2 is 1.92 bits per heavy atom. The lowest BCUT2D eigenvalue weighted by molar-refractivity contribution is -0.136. The van der Waals surface area contributed by atoms with Gasteiger partial charge >= 0.3 is 6.18 Å². The number of anilines is 1. The number of alkyl halides is 3. The van der Waals surface area contributed by atoms with Crippen molar-refractivity contribution in [2.45, 2.75) is 6.18 Å². The molecular weight excluding hydrogens is 403 g/mol. The third kappa shape index (κ3) is 3.79. The molecule has 0 saturated heterocycles. The zero-order valence-corrected chi connectivity index (χ0v) is 14.1. The SMILES string of the molecule is O=C(/C=C/c1c(Br)ccc2c1OCO2)Nc1ccccc1C(F)(F)F. The Morgan fingerprint density at radius 1 is 1.16 bits per heavy atom. The van der Waals surface area contributed by atoms with Crippen LogP contribution in [-0.4, -0.2) is 12.7 Å². The molecule has 130 valence electrons. The molecule has 1 aliphatic rings. The summed E-state index contributed by atoms with van der Waals surface area (Å²) in [5.74, 6) is 0.305. The lowest BCUT2D eigenvalue weighted by Gasteiger charge is -2.12. The van der Waals surface area contributed by atoms with Crippen molar-refractivity contribution in [1.29, 1.82) is 0 Å². The van der Waals surface area contributed by atoms with Crippen molar-refractivity contribution in [3.05, 3.63) is 58.1 Å². The molecule has 0 aromatic heterocycles. The van der Waals surface area contributed by atoms with Gasteiger partial charge in [0.1, 0.15) is 0 Å². The van der Waals surface area contributed by atoms with Crippen LogP contribution in [0.1, 0.15) is 11.1 Å². The number of fused-ring (bicyclic) bond motifs is 1. The van der Waals surface area contributed by atoms with Gasteiger partial charge in [-0.1, -0.05) is 28.1 Å². The van der Waals surface area contributed by atoms with Gasteiger partial charge in [-0.3, -0.25) is 4.79 Å². The maximum absolute atomic E-state index is 12.9. The summed E-state index contributed by atoms with van der Waals surface area (Å²) in [6.45, 7) is 0.0672. The summed E-state index contributed by atoms with van der Waals surface area (Å²) in [7, 11) is 0. The van der Waals surface area contributed by atoms with Gasteiger partial charge in [0.05, 0.1) is 11.3 Å². The second-order valence-electron chi connectivity index (χ2n) is 5.06. The highest BCUT2D eigenvalue weighted by molar-refractivity contribution is 9.10. The molecule has 0 bridgehead atoms. The van der Waals surface area contributed by atoms with Gasteiger partial charge in [0.2, 0.25) is 12.7 Å². The van der Waals surface area contributed by atoms with Gasteiger partial charge in [-0.2, -0.15) is 13.2 Å². The summed E-state index contributed by atoms with van der Waals surface area (Å²) >= 11 is 3.34. The van der Waals surface area contributed by atoms with E-state index < -0.39 is 17.6 Å². The summed E-state index contributed by atoms with van der Waals surface area (Å²) < 4.78 is 50.1. The number of benzene rings is 2. The number of hydrogen-bond acceptors (Lipinski definition) is 3. The van der Waals surface area contributed by atoms with E-state index in [-0.39, 0.29) is 12.5 Å². The van der Waals surface area contributed by atoms with Gasteiger partial charge < -0.3 is 14.8 Å². The van der Waals surface area contributed by atoms with Crippen LogP contribution in [0.25, 0.3) is 6.08 Å². The highest BCUT2D eigenvalue weighted by atomic mass is 79.9. The number of hydrogen-bond donors (Lipinski definition) is 1.